The van der Waals surface area contributed by atoms with Crippen molar-refractivity contribution in [2.45, 2.75) is 39.2 Å². The first-order valence-electron chi connectivity index (χ1n) is 6.52. The van der Waals surface area contributed by atoms with Gasteiger partial charge in [0.15, 0.2) is 0 Å². The molecule has 1 aliphatic carbocycles. The molecule has 2 rings (SSSR count). The molecule has 0 atom stereocenters. The highest BCUT2D eigenvalue weighted by Crippen LogP contribution is 2.26. The van der Waals surface area contributed by atoms with Gasteiger partial charge in [0.05, 0.1) is 6.61 Å². The molecule has 0 bridgehead atoms. The summed E-state index contributed by atoms with van der Waals surface area (Å²) in [5, 5.41) is 3.15. The number of pyridine rings is 1. The van der Waals surface area contributed by atoms with Crippen molar-refractivity contribution in [3.8, 4) is 5.75 Å². The Balaban J connectivity index is 1.99. The highest BCUT2D eigenvalue weighted by molar-refractivity contribution is 5.32. The maximum Gasteiger partial charge on any atom is 0.127 e. The van der Waals surface area contributed by atoms with Crippen LogP contribution >= 0.6 is 0 Å². The van der Waals surface area contributed by atoms with Gasteiger partial charge in [0, 0.05) is 30.1 Å². The smallest absolute Gasteiger partial charge is 0.127 e. The first-order chi connectivity index (χ1) is 8.29. The molecule has 17 heavy (non-hydrogen) atoms. The van der Waals surface area contributed by atoms with Crippen LogP contribution in [-0.2, 0) is 6.54 Å². The summed E-state index contributed by atoms with van der Waals surface area (Å²) < 4.78 is 5.97. The van der Waals surface area contributed by atoms with Gasteiger partial charge >= 0.3 is 0 Å². The normalized spacial score (nSPS) is 16.4. The Kier molecular flexibility index (Phi) is 4.37. The molecule has 1 N–H and O–H groups in total. The minimum atomic E-state index is 0.755. The van der Waals surface area contributed by atoms with Crippen LogP contribution in [0.3, 0.4) is 0 Å². The Morgan fingerprint density at radius 2 is 2.18 bits per heavy atom. The van der Waals surface area contributed by atoms with E-state index < -0.39 is 0 Å². The van der Waals surface area contributed by atoms with Crippen molar-refractivity contribution in [3.63, 3.8) is 0 Å². The van der Waals surface area contributed by atoms with Crippen molar-refractivity contribution in [3.05, 3.63) is 23.5 Å². The quantitative estimate of drug-likeness (QED) is 0.850. The average molecular weight is 234 g/mol. The molecule has 1 fully saturated rings. The molecule has 0 spiro atoms. The van der Waals surface area contributed by atoms with Gasteiger partial charge in [0.2, 0.25) is 0 Å². The van der Waals surface area contributed by atoms with Crippen LogP contribution in [0.15, 0.2) is 12.3 Å². The summed E-state index contributed by atoms with van der Waals surface area (Å²) in [7, 11) is 1.95. The Bertz CT molecular complexity index is 359. The lowest BCUT2D eigenvalue weighted by molar-refractivity contribution is 0.249. The van der Waals surface area contributed by atoms with E-state index in [4.69, 9.17) is 4.74 Å². The zero-order chi connectivity index (χ0) is 12.1. The van der Waals surface area contributed by atoms with Crippen LogP contribution in [0.5, 0.6) is 5.75 Å². The van der Waals surface area contributed by atoms with E-state index in [1.807, 2.05) is 26.2 Å². The molecule has 0 saturated heterocycles. The van der Waals surface area contributed by atoms with E-state index in [9.17, 15) is 0 Å². The lowest BCUT2D eigenvalue weighted by atomic mass is 10.1. The Morgan fingerprint density at radius 3 is 2.88 bits per heavy atom. The second kappa shape index (κ2) is 6.01. The summed E-state index contributed by atoms with van der Waals surface area (Å²) in [6.45, 7) is 3.68. The molecule has 3 heteroatoms. The highest BCUT2D eigenvalue weighted by Gasteiger charge is 2.16. The molecule has 0 unspecified atom stereocenters. The lowest BCUT2D eigenvalue weighted by Gasteiger charge is -2.14. The average Bonchev–Trinajstić information content (AvgIpc) is 2.82. The van der Waals surface area contributed by atoms with Gasteiger partial charge in [-0.25, -0.2) is 0 Å². The van der Waals surface area contributed by atoms with Crippen LogP contribution in [0.1, 0.15) is 36.9 Å². The third-order valence-corrected chi connectivity index (χ3v) is 3.40. The summed E-state index contributed by atoms with van der Waals surface area (Å²) >= 11 is 0. The molecule has 0 aromatic carbocycles. The maximum atomic E-state index is 5.97. The van der Waals surface area contributed by atoms with Crippen molar-refractivity contribution in [2.24, 2.45) is 5.92 Å². The van der Waals surface area contributed by atoms with Crippen molar-refractivity contribution >= 4 is 0 Å². The zero-order valence-electron chi connectivity index (χ0n) is 10.8. The first-order valence-corrected chi connectivity index (χ1v) is 6.52. The van der Waals surface area contributed by atoms with Gasteiger partial charge in [-0.15, -0.1) is 0 Å². The number of hydrogen-bond donors (Lipinski definition) is 1. The first kappa shape index (κ1) is 12.4. The monoisotopic (exact) mass is 234 g/mol. The minimum Gasteiger partial charge on any atom is -0.493 e. The van der Waals surface area contributed by atoms with Gasteiger partial charge in [0.25, 0.3) is 0 Å². The topological polar surface area (TPSA) is 34.2 Å². The van der Waals surface area contributed by atoms with Crippen LogP contribution in [0.4, 0.5) is 0 Å². The molecule has 3 nitrogen and oxygen atoms in total. The number of rotatable bonds is 5. The van der Waals surface area contributed by atoms with E-state index in [0.717, 1.165) is 36.1 Å². The van der Waals surface area contributed by atoms with E-state index >= 15 is 0 Å². The van der Waals surface area contributed by atoms with Crippen LogP contribution in [0, 0.1) is 12.8 Å². The molecule has 94 valence electrons. The molecular formula is C14H22N2O. The molecular weight excluding hydrogens is 212 g/mol. The van der Waals surface area contributed by atoms with E-state index in [0.29, 0.717) is 0 Å². The Morgan fingerprint density at radius 1 is 1.41 bits per heavy atom. The SMILES string of the molecule is CNCc1cnc(C)cc1OCC1CCCC1. The highest BCUT2D eigenvalue weighted by atomic mass is 16.5. The molecule has 1 aromatic rings. The van der Waals surface area contributed by atoms with Gasteiger partial charge in [-0.3, -0.25) is 4.98 Å². The second-order valence-corrected chi connectivity index (χ2v) is 4.93. The third kappa shape index (κ3) is 3.43. The van der Waals surface area contributed by atoms with Gasteiger partial charge in [-0.1, -0.05) is 12.8 Å². The number of ether oxygens (including phenoxy) is 1. The predicted octanol–water partition coefficient (Wildman–Crippen LogP) is 2.68. The standard InChI is InChI=1S/C14H22N2O/c1-11-7-14(13(8-15-2)9-16-11)17-10-12-5-3-4-6-12/h7,9,12,15H,3-6,8,10H2,1-2H3. The fraction of sp³-hybridized carbons (Fsp3) is 0.643. The summed E-state index contributed by atoms with van der Waals surface area (Å²) in [6, 6.07) is 2.04. The molecule has 0 radical (unpaired) electrons. The number of nitrogens with one attached hydrogen (secondary N) is 1. The van der Waals surface area contributed by atoms with E-state index in [1.165, 1.54) is 25.7 Å². The number of nitrogens with zero attached hydrogens (tertiary/aromatic N) is 1. The van der Waals surface area contributed by atoms with Gasteiger partial charge in [-0.2, -0.15) is 0 Å². The van der Waals surface area contributed by atoms with E-state index in [2.05, 4.69) is 10.3 Å². The summed E-state index contributed by atoms with van der Waals surface area (Å²) in [6.07, 6.45) is 7.30. The van der Waals surface area contributed by atoms with Crippen molar-refractivity contribution in [1.29, 1.82) is 0 Å². The van der Waals surface area contributed by atoms with Crippen molar-refractivity contribution in [2.75, 3.05) is 13.7 Å². The van der Waals surface area contributed by atoms with Gasteiger partial charge < -0.3 is 10.1 Å². The van der Waals surface area contributed by atoms with Crippen molar-refractivity contribution < 1.29 is 4.74 Å². The second-order valence-electron chi connectivity index (χ2n) is 4.93. The van der Waals surface area contributed by atoms with Gasteiger partial charge in [0.1, 0.15) is 5.75 Å². The van der Waals surface area contributed by atoms with E-state index in [-0.39, 0.29) is 0 Å². The fourth-order valence-electron chi connectivity index (χ4n) is 2.41. The van der Waals surface area contributed by atoms with Crippen LogP contribution in [0.25, 0.3) is 0 Å². The summed E-state index contributed by atoms with van der Waals surface area (Å²) in [4.78, 5) is 4.32. The lowest BCUT2D eigenvalue weighted by Crippen LogP contribution is -2.12. The molecule has 1 aliphatic rings. The summed E-state index contributed by atoms with van der Waals surface area (Å²) in [5.74, 6) is 1.75. The van der Waals surface area contributed by atoms with Crippen LogP contribution in [0.2, 0.25) is 0 Å². The summed E-state index contributed by atoms with van der Waals surface area (Å²) in [5.41, 5.74) is 2.17. The van der Waals surface area contributed by atoms with Crippen molar-refractivity contribution in [1.82, 2.24) is 10.3 Å². The molecule has 1 saturated carbocycles. The van der Waals surface area contributed by atoms with Crippen LogP contribution in [-0.4, -0.2) is 18.6 Å². The zero-order valence-corrected chi connectivity index (χ0v) is 10.8. The minimum absolute atomic E-state index is 0.755. The predicted molar refractivity (Wildman–Crippen MR) is 69.2 cm³/mol. The number of hydrogen-bond acceptors (Lipinski definition) is 3. The van der Waals surface area contributed by atoms with Crippen LogP contribution < -0.4 is 10.1 Å². The Hall–Kier alpha value is -1.09. The third-order valence-electron chi connectivity index (χ3n) is 3.40. The molecule has 0 aliphatic heterocycles. The molecule has 1 aromatic heterocycles. The molecule has 0 amide bonds. The largest absolute Gasteiger partial charge is 0.493 e. The number of aromatic nitrogens is 1. The Labute approximate surface area is 104 Å². The fourth-order valence-corrected chi connectivity index (χ4v) is 2.41. The van der Waals surface area contributed by atoms with E-state index in [1.54, 1.807) is 0 Å². The molecule has 1 heterocycles. The van der Waals surface area contributed by atoms with Gasteiger partial charge in [-0.05, 0) is 32.7 Å². The number of aryl methyl sites for hydroxylation is 1. The maximum absolute atomic E-state index is 5.97.